The molecule has 3 aromatic rings. The Kier molecular flexibility index (Phi) is 3.86. The number of rotatable bonds is 5. The minimum Gasteiger partial charge on any atom is -0.385 e. The lowest BCUT2D eigenvalue weighted by molar-refractivity contribution is 0.381. The summed E-state index contributed by atoms with van der Waals surface area (Å²) in [6.07, 6.45) is 3.95. The average molecular weight is 281 g/mol. The number of nitrogens with zero attached hydrogens (tertiary/aromatic N) is 4. The Morgan fingerprint density at radius 1 is 1.05 bits per heavy atom. The van der Waals surface area contributed by atoms with Crippen LogP contribution in [0.3, 0.4) is 0 Å². The minimum atomic E-state index is 0.418. The van der Waals surface area contributed by atoms with Gasteiger partial charge in [-0.05, 0) is 25.1 Å². The predicted octanol–water partition coefficient (Wildman–Crippen LogP) is 2.49. The number of aryl methyl sites for hydroxylation is 1. The predicted molar refractivity (Wildman–Crippen MR) is 78.7 cm³/mol. The molecule has 3 rings (SSSR count). The molecule has 0 amide bonds. The molecular weight excluding hydrogens is 266 g/mol. The van der Waals surface area contributed by atoms with Crippen LogP contribution in [-0.2, 0) is 6.42 Å². The fraction of sp³-hybridized carbons (Fsp3) is 0.200. The molecule has 0 aliphatic carbocycles. The first-order chi connectivity index (χ1) is 10.3. The van der Waals surface area contributed by atoms with Gasteiger partial charge in [-0.25, -0.2) is 9.97 Å². The van der Waals surface area contributed by atoms with Crippen LogP contribution in [0.15, 0.2) is 47.2 Å². The maximum absolute atomic E-state index is 5.20. The zero-order chi connectivity index (χ0) is 14.5. The third-order valence-corrected chi connectivity index (χ3v) is 2.95. The van der Waals surface area contributed by atoms with Gasteiger partial charge in [-0.15, -0.1) is 0 Å². The van der Waals surface area contributed by atoms with E-state index >= 15 is 0 Å². The molecule has 0 fully saturated rings. The molecule has 2 heterocycles. The van der Waals surface area contributed by atoms with Crippen LogP contribution in [0.4, 0.5) is 5.69 Å². The summed E-state index contributed by atoms with van der Waals surface area (Å²) >= 11 is 0. The summed E-state index contributed by atoms with van der Waals surface area (Å²) in [5.41, 5.74) is 2.32. The van der Waals surface area contributed by atoms with Crippen molar-refractivity contribution in [1.29, 1.82) is 0 Å². The van der Waals surface area contributed by atoms with Crippen molar-refractivity contribution in [3.8, 4) is 11.6 Å². The van der Waals surface area contributed by atoms with Gasteiger partial charge in [0, 0.05) is 31.0 Å². The van der Waals surface area contributed by atoms with Crippen molar-refractivity contribution >= 4 is 5.69 Å². The number of nitrogens with one attached hydrogen (secondary N) is 1. The van der Waals surface area contributed by atoms with Gasteiger partial charge in [-0.3, -0.25) is 0 Å². The van der Waals surface area contributed by atoms with Crippen LogP contribution in [0.25, 0.3) is 11.6 Å². The highest BCUT2D eigenvalue weighted by molar-refractivity contribution is 5.44. The van der Waals surface area contributed by atoms with E-state index in [9.17, 15) is 0 Å². The molecule has 0 atom stereocenters. The van der Waals surface area contributed by atoms with E-state index in [0.717, 1.165) is 12.2 Å². The van der Waals surface area contributed by atoms with E-state index in [4.69, 9.17) is 4.52 Å². The van der Waals surface area contributed by atoms with Crippen LogP contribution < -0.4 is 5.32 Å². The van der Waals surface area contributed by atoms with Crippen LogP contribution >= 0.6 is 0 Å². The molecule has 2 aromatic heterocycles. The molecule has 1 N–H and O–H groups in total. The molecular formula is C15H15N5O. The third-order valence-electron chi connectivity index (χ3n) is 2.95. The molecule has 0 aliphatic heterocycles. The first-order valence-electron chi connectivity index (χ1n) is 6.72. The van der Waals surface area contributed by atoms with Gasteiger partial charge in [0.25, 0.3) is 0 Å². The number of benzene rings is 1. The second kappa shape index (κ2) is 6.13. The Labute approximate surface area is 122 Å². The molecule has 21 heavy (non-hydrogen) atoms. The van der Waals surface area contributed by atoms with E-state index in [0.29, 0.717) is 24.0 Å². The molecule has 1 aromatic carbocycles. The standard InChI is InChI=1S/C15H15N5O/c1-11-3-5-12(6-4-11)16-10-7-13-19-15(20-21-13)14-17-8-2-9-18-14/h2-6,8-9,16H,7,10H2,1H3. The highest BCUT2D eigenvalue weighted by Gasteiger charge is 2.10. The molecule has 6 heteroatoms. The molecule has 6 nitrogen and oxygen atoms in total. The van der Waals surface area contributed by atoms with Crippen molar-refractivity contribution in [2.75, 3.05) is 11.9 Å². The molecule has 106 valence electrons. The van der Waals surface area contributed by atoms with Crippen LogP contribution in [-0.4, -0.2) is 26.7 Å². The first kappa shape index (κ1) is 13.2. The van der Waals surface area contributed by atoms with E-state index in [1.54, 1.807) is 18.5 Å². The van der Waals surface area contributed by atoms with Gasteiger partial charge in [-0.1, -0.05) is 22.9 Å². The second-order valence-corrected chi connectivity index (χ2v) is 4.63. The molecule has 0 bridgehead atoms. The maximum Gasteiger partial charge on any atom is 0.240 e. The smallest absolute Gasteiger partial charge is 0.240 e. The lowest BCUT2D eigenvalue weighted by Gasteiger charge is -2.04. The molecule has 0 unspecified atom stereocenters. The summed E-state index contributed by atoms with van der Waals surface area (Å²) in [4.78, 5) is 12.5. The zero-order valence-corrected chi connectivity index (χ0v) is 11.7. The topological polar surface area (TPSA) is 76.7 Å². The Hall–Kier alpha value is -2.76. The maximum atomic E-state index is 5.20. The summed E-state index contributed by atoms with van der Waals surface area (Å²) in [5.74, 6) is 1.46. The summed E-state index contributed by atoms with van der Waals surface area (Å²) in [7, 11) is 0. The highest BCUT2D eigenvalue weighted by atomic mass is 16.5. The van der Waals surface area contributed by atoms with Gasteiger partial charge in [0.2, 0.25) is 17.5 Å². The summed E-state index contributed by atoms with van der Waals surface area (Å²) in [5, 5.41) is 7.20. The SMILES string of the molecule is Cc1ccc(NCCc2nc(-c3ncccn3)no2)cc1. The average Bonchev–Trinajstić information content (AvgIpc) is 2.99. The van der Waals surface area contributed by atoms with Crippen molar-refractivity contribution in [2.45, 2.75) is 13.3 Å². The van der Waals surface area contributed by atoms with Crippen LogP contribution in [0.1, 0.15) is 11.5 Å². The Bertz CT molecular complexity index is 694. The zero-order valence-electron chi connectivity index (χ0n) is 11.7. The fourth-order valence-corrected chi connectivity index (χ4v) is 1.85. The molecule has 0 aliphatic rings. The van der Waals surface area contributed by atoms with E-state index < -0.39 is 0 Å². The Morgan fingerprint density at radius 3 is 2.57 bits per heavy atom. The van der Waals surface area contributed by atoms with Gasteiger partial charge < -0.3 is 9.84 Å². The van der Waals surface area contributed by atoms with Gasteiger partial charge in [0.05, 0.1) is 0 Å². The quantitative estimate of drug-likeness (QED) is 0.774. The Morgan fingerprint density at radius 2 is 1.81 bits per heavy atom. The van der Waals surface area contributed by atoms with E-state index in [1.165, 1.54) is 5.56 Å². The second-order valence-electron chi connectivity index (χ2n) is 4.63. The lowest BCUT2D eigenvalue weighted by atomic mass is 10.2. The fourth-order valence-electron chi connectivity index (χ4n) is 1.85. The molecule has 0 spiro atoms. The third kappa shape index (κ3) is 3.42. The molecule has 0 saturated heterocycles. The summed E-state index contributed by atoms with van der Waals surface area (Å²) in [6.45, 7) is 2.79. The van der Waals surface area contributed by atoms with Crippen molar-refractivity contribution < 1.29 is 4.52 Å². The van der Waals surface area contributed by atoms with Crippen LogP contribution in [0.5, 0.6) is 0 Å². The lowest BCUT2D eigenvalue weighted by Crippen LogP contribution is -2.05. The van der Waals surface area contributed by atoms with E-state index in [1.807, 2.05) is 12.1 Å². The van der Waals surface area contributed by atoms with Gasteiger partial charge >= 0.3 is 0 Å². The molecule has 0 radical (unpaired) electrons. The van der Waals surface area contributed by atoms with Crippen LogP contribution in [0.2, 0.25) is 0 Å². The van der Waals surface area contributed by atoms with Crippen molar-refractivity contribution in [1.82, 2.24) is 20.1 Å². The number of hydrogen-bond acceptors (Lipinski definition) is 6. The monoisotopic (exact) mass is 281 g/mol. The summed E-state index contributed by atoms with van der Waals surface area (Å²) in [6, 6.07) is 9.98. The number of hydrogen-bond donors (Lipinski definition) is 1. The van der Waals surface area contributed by atoms with E-state index in [-0.39, 0.29) is 0 Å². The highest BCUT2D eigenvalue weighted by Crippen LogP contribution is 2.11. The first-order valence-corrected chi connectivity index (χ1v) is 6.72. The van der Waals surface area contributed by atoms with Gasteiger partial charge in [0.1, 0.15) is 0 Å². The summed E-state index contributed by atoms with van der Waals surface area (Å²) < 4.78 is 5.20. The Balaban J connectivity index is 1.57. The normalized spacial score (nSPS) is 10.5. The van der Waals surface area contributed by atoms with Gasteiger partial charge in [-0.2, -0.15) is 4.98 Å². The van der Waals surface area contributed by atoms with Crippen molar-refractivity contribution in [3.63, 3.8) is 0 Å². The van der Waals surface area contributed by atoms with Crippen molar-refractivity contribution in [2.24, 2.45) is 0 Å². The number of aromatic nitrogens is 4. The molecule has 0 saturated carbocycles. The van der Waals surface area contributed by atoms with Crippen molar-refractivity contribution in [3.05, 3.63) is 54.2 Å². The minimum absolute atomic E-state index is 0.418. The number of anilines is 1. The largest absolute Gasteiger partial charge is 0.385 e. The van der Waals surface area contributed by atoms with Gasteiger partial charge in [0.15, 0.2) is 0 Å². The van der Waals surface area contributed by atoms with E-state index in [2.05, 4.69) is 44.5 Å². The van der Waals surface area contributed by atoms with Crippen LogP contribution in [0, 0.1) is 6.92 Å².